The maximum atomic E-state index is 2.31. The molecule has 0 heteroatoms. The van der Waals surface area contributed by atoms with Gasteiger partial charge in [0.2, 0.25) is 0 Å². The summed E-state index contributed by atoms with van der Waals surface area (Å²) in [7, 11) is 0. The molecule has 0 N–H and O–H groups in total. The Kier molecular flexibility index (Phi) is 28.3. The molecule has 0 spiro atoms. The molecule has 0 radical (unpaired) electrons. The van der Waals surface area contributed by atoms with Gasteiger partial charge in [0.25, 0.3) is 0 Å². The maximum absolute atomic E-state index is 2.31. The molecule has 0 saturated carbocycles. The second kappa shape index (κ2) is 25.4. The predicted octanol–water partition coefficient (Wildman–Crippen LogP) is 9.56. The Bertz CT molecular complexity index is 479. The number of rotatable bonds is 7. The highest BCUT2D eigenvalue weighted by atomic mass is 14.0. The second-order valence-electron chi connectivity index (χ2n) is 6.09. The first-order chi connectivity index (χ1) is 13.7. The zero-order valence-electron chi connectivity index (χ0n) is 20.8. The first kappa shape index (κ1) is 31.1. The highest BCUT2D eigenvalue weighted by Gasteiger charge is 1.99. The minimum Gasteiger partial charge on any atom is -0.0683 e. The molecule has 0 aliphatic carbocycles. The number of hydrogen-bond donors (Lipinski definition) is 0. The fraction of sp³-hybridized carbons (Fsp3) is 0.571. The fourth-order valence-electron chi connectivity index (χ4n) is 2.52. The van der Waals surface area contributed by atoms with Crippen LogP contribution < -0.4 is 0 Å². The zero-order valence-corrected chi connectivity index (χ0v) is 20.8. The van der Waals surface area contributed by atoms with Crippen LogP contribution in [0, 0.1) is 5.92 Å². The quantitative estimate of drug-likeness (QED) is 0.444. The Morgan fingerprint density at radius 3 is 1.25 bits per heavy atom. The summed E-state index contributed by atoms with van der Waals surface area (Å²) in [5, 5.41) is 0. The third kappa shape index (κ3) is 17.8. The van der Waals surface area contributed by atoms with E-state index in [1.54, 1.807) is 0 Å². The Balaban J connectivity index is -0.000000695. The summed E-state index contributed by atoms with van der Waals surface area (Å²) < 4.78 is 0. The molecule has 0 unspecified atom stereocenters. The third-order valence-electron chi connectivity index (χ3n) is 3.82. The van der Waals surface area contributed by atoms with Gasteiger partial charge in [0.1, 0.15) is 0 Å². The van der Waals surface area contributed by atoms with E-state index in [-0.39, 0.29) is 0 Å². The minimum atomic E-state index is 0.820. The Hall–Kier alpha value is -1.56. The maximum Gasteiger partial charge on any atom is -0.0238 e. The van der Waals surface area contributed by atoms with E-state index in [0.29, 0.717) is 0 Å². The molecule has 0 aliphatic rings. The zero-order chi connectivity index (χ0) is 22.2. The first-order valence-electron chi connectivity index (χ1n) is 11.9. The van der Waals surface area contributed by atoms with Crippen LogP contribution in [0.5, 0.6) is 0 Å². The summed E-state index contributed by atoms with van der Waals surface area (Å²) in [6.07, 6.45) is 6.12. The van der Waals surface area contributed by atoms with Crippen LogP contribution in [0.4, 0.5) is 0 Å². The summed E-state index contributed by atoms with van der Waals surface area (Å²) in [6, 6.07) is 19.9. The van der Waals surface area contributed by atoms with E-state index in [4.69, 9.17) is 0 Å². The van der Waals surface area contributed by atoms with Gasteiger partial charge >= 0.3 is 0 Å². The first-order valence-corrected chi connectivity index (χ1v) is 11.9. The average molecular weight is 387 g/mol. The normalized spacial score (nSPS) is 8.68. The van der Waals surface area contributed by atoms with Gasteiger partial charge in [-0.1, -0.05) is 130 Å². The topological polar surface area (TPSA) is 0 Å². The van der Waals surface area contributed by atoms with Crippen molar-refractivity contribution < 1.29 is 0 Å². The van der Waals surface area contributed by atoms with E-state index in [2.05, 4.69) is 68.4 Å². The van der Waals surface area contributed by atoms with Crippen LogP contribution in [-0.2, 0) is 19.3 Å². The van der Waals surface area contributed by atoms with Crippen LogP contribution in [-0.4, -0.2) is 0 Å². The standard InChI is InChI=1S/C20H26.4C2H6/c1-17(2)7-6-10-19-12-15-20(16-13-19)14-11-18-8-4-3-5-9-18;4*1-2/h3-5,8-9,12-13,15-17H,6-7,10-11,14H2,1-2H3;4*1-2H3. The van der Waals surface area contributed by atoms with Crippen molar-refractivity contribution in [3.05, 3.63) is 71.3 Å². The van der Waals surface area contributed by atoms with Gasteiger partial charge in [0.05, 0.1) is 0 Å². The van der Waals surface area contributed by atoms with Crippen LogP contribution in [0.25, 0.3) is 0 Å². The molecule has 2 rings (SSSR count). The molecule has 0 fully saturated rings. The van der Waals surface area contributed by atoms with E-state index in [1.165, 1.54) is 36.0 Å². The summed E-state index contributed by atoms with van der Waals surface area (Å²) in [5.41, 5.74) is 4.35. The largest absolute Gasteiger partial charge is 0.0683 e. The highest BCUT2D eigenvalue weighted by molar-refractivity contribution is 5.24. The van der Waals surface area contributed by atoms with Gasteiger partial charge in [0, 0.05) is 0 Å². The molecule has 162 valence electrons. The van der Waals surface area contributed by atoms with Crippen LogP contribution >= 0.6 is 0 Å². The lowest BCUT2D eigenvalue weighted by atomic mass is 10.00. The Morgan fingerprint density at radius 1 is 0.500 bits per heavy atom. The summed E-state index contributed by atoms with van der Waals surface area (Å²) in [4.78, 5) is 0. The van der Waals surface area contributed by atoms with Crippen molar-refractivity contribution in [3.8, 4) is 0 Å². The van der Waals surface area contributed by atoms with Crippen LogP contribution in [0.3, 0.4) is 0 Å². The average Bonchev–Trinajstić information content (AvgIpc) is 2.79. The monoisotopic (exact) mass is 386 g/mol. The van der Waals surface area contributed by atoms with E-state index >= 15 is 0 Å². The van der Waals surface area contributed by atoms with E-state index in [9.17, 15) is 0 Å². The van der Waals surface area contributed by atoms with Gasteiger partial charge in [-0.15, -0.1) is 0 Å². The van der Waals surface area contributed by atoms with Crippen molar-refractivity contribution in [1.29, 1.82) is 0 Å². The molecule has 0 saturated heterocycles. The fourth-order valence-corrected chi connectivity index (χ4v) is 2.52. The van der Waals surface area contributed by atoms with Crippen molar-refractivity contribution >= 4 is 0 Å². The molecule has 28 heavy (non-hydrogen) atoms. The van der Waals surface area contributed by atoms with E-state index in [1.807, 2.05) is 55.4 Å². The van der Waals surface area contributed by atoms with Crippen molar-refractivity contribution in [3.63, 3.8) is 0 Å². The van der Waals surface area contributed by atoms with Gasteiger partial charge in [-0.3, -0.25) is 0 Å². The van der Waals surface area contributed by atoms with Crippen molar-refractivity contribution in [1.82, 2.24) is 0 Å². The van der Waals surface area contributed by atoms with Gasteiger partial charge in [0.15, 0.2) is 0 Å². The van der Waals surface area contributed by atoms with Crippen LogP contribution in [0.15, 0.2) is 54.6 Å². The molecule has 0 atom stereocenters. The third-order valence-corrected chi connectivity index (χ3v) is 3.82. The van der Waals surface area contributed by atoms with Crippen molar-refractivity contribution in [2.45, 2.75) is 101 Å². The molecule has 0 heterocycles. The molecule has 2 aromatic carbocycles. The SMILES string of the molecule is CC.CC.CC.CC.CC(C)CCCc1ccc(CCc2ccccc2)cc1. The summed E-state index contributed by atoms with van der Waals surface area (Å²) in [6.45, 7) is 20.6. The predicted molar refractivity (Wildman–Crippen MR) is 133 cm³/mol. The molecular formula is C28H50. The Morgan fingerprint density at radius 2 is 0.857 bits per heavy atom. The molecule has 0 nitrogen and oxygen atoms in total. The lowest BCUT2D eigenvalue weighted by molar-refractivity contribution is 0.556. The minimum absolute atomic E-state index is 0.820. The Labute approximate surface area is 178 Å². The molecule has 0 aliphatic heterocycles. The van der Waals surface area contributed by atoms with E-state index < -0.39 is 0 Å². The van der Waals surface area contributed by atoms with E-state index in [0.717, 1.165) is 18.8 Å². The second-order valence-corrected chi connectivity index (χ2v) is 6.09. The van der Waals surface area contributed by atoms with Gasteiger partial charge in [-0.05, 0) is 48.3 Å². The number of benzene rings is 2. The van der Waals surface area contributed by atoms with Gasteiger partial charge in [-0.25, -0.2) is 0 Å². The lowest BCUT2D eigenvalue weighted by Gasteiger charge is -2.06. The summed E-state index contributed by atoms with van der Waals surface area (Å²) in [5.74, 6) is 0.820. The van der Waals surface area contributed by atoms with Crippen LogP contribution in [0.1, 0.15) is 98.8 Å². The van der Waals surface area contributed by atoms with Crippen molar-refractivity contribution in [2.24, 2.45) is 5.92 Å². The molecule has 0 amide bonds. The lowest BCUT2D eigenvalue weighted by Crippen LogP contribution is -1.93. The van der Waals surface area contributed by atoms with Crippen LogP contribution in [0.2, 0.25) is 0 Å². The molecule has 0 aromatic heterocycles. The number of hydrogen-bond acceptors (Lipinski definition) is 0. The molecular weight excluding hydrogens is 336 g/mol. The summed E-state index contributed by atoms with van der Waals surface area (Å²) >= 11 is 0. The van der Waals surface area contributed by atoms with Gasteiger partial charge < -0.3 is 0 Å². The smallest absolute Gasteiger partial charge is 0.0238 e. The van der Waals surface area contributed by atoms with Crippen molar-refractivity contribution in [2.75, 3.05) is 0 Å². The molecule has 2 aromatic rings. The van der Waals surface area contributed by atoms with Gasteiger partial charge in [-0.2, -0.15) is 0 Å². The molecule has 0 bridgehead atoms. The highest BCUT2D eigenvalue weighted by Crippen LogP contribution is 2.13. The number of aryl methyl sites for hydroxylation is 3.